The van der Waals surface area contributed by atoms with E-state index in [9.17, 15) is 13.2 Å². The first-order valence-electron chi connectivity index (χ1n) is 9.35. The number of nitrogens with two attached hydrogens (primary N) is 1. The molecule has 6 nitrogen and oxygen atoms in total. The van der Waals surface area contributed by atoms with E-state index in [1.807, 2.05) is 13.0 Å². The zero-order chi connectivity index (χ0) is 20.6. The van der Waals surface area contributed by atoms with Crippen molar-refractivity contribution in [2.75, 3.05) is 7.05 Å². The van der Waals surface area contributed by atoms with Gasteiger partial charge in [0.15, 0.2) is 0 Å². The van der Waals surface area contributed by atoms with Crippen LogP contribution in [0.4, 0.5) is 0 Å². The Hall–Kier alpha value is -2.38. The number of rotatable bonds is 6. The second-order valence-electron chi connectivity index (χ2n) is 7.50. The van der Waals surface area contributed by atoms with Crippen LogP contribution in [0.2, 0.25) is 0 Å². The summed E-state index contributed by atoms with van der Waals surface area (Å²) in [7, 11) is -1.99. The van der Waals surface area contributed by atoms with E-state index in [4.69, 9.17) is 5.14 Å². The number of likely N-dealkylation sites (N-methyl/N-ethyl adjacent to an activating group) is 1. The summed E-state index contributed by atoms with van der Waals surface area (Å²) >= 11 is 0. The molecule has 0 radical (unpaired) electrons. The maximum absolute atomic E-state index is 12.6. The number of amides is 1. The highest BCUT2D eigenvalue weighted by molar-refractivity contribution is 7.89. The number of benzene rings is 1. The Kier molecular flexibility index (Phi) is 5.50. The van der Waals surface area contributed by atoms with Crippen molar-refractivity contribution in [3.05, 3.63) is 58.9 Å². The van der Waals surface area contributed by atoms with E-state index < -0.39 is 10.0 Å². The second kappa shape index (κ2) is 7.56. The SMILES string of the molecule is Cc1cc(/C=C/C(=O)N(C)C(C)c2ccc(S(N)(=O)=O)cc2)c(C)n1C1CC1. The molecular weight excluding hydrogens is 374 g/mol. The summed E-state index contributed by atoms with van der Waals surface area (Å²) in [5, 5.41) is 5.13. The molecule has 0 spiro atoms. The van der Waals surface area contributed by atoms with Crippen LogP contribution in [0, 0.1) is 13.8 Å². The van der Waals surface area contributed by atoms with Crippen molar-refractivity contribution >= 4 is 22.0 Å². The quantitative estimate of drug-likeness (QED) is 0.754. The van der Waals surface area contributed by atoms with Gasteiger partial charge in [-0.3, -0.25) is 4.79 Å². The Morgan fingerprint density at radius 2 is 1.86 bits per heavy atom. The third kappa shape index (κ3) is 4.20. The number of nitrogens with zero attached hydrogens (tertiary/aromatic N) is 2. The minimum atomic E-state index is -3.72. The number of aromatic nitrogens is 1. The third-order valence-corrected chi connectivity index (χ3v) is 6.39. The molecule has 2 N–H and O–H groups in total. The highest BCUT2D eigenvalue weighted by Gasteiger charge is 2.26. The Balaban J connectivity index is 1.72. The van der Waals surface area contributed by atoms with Crippen molar-refractivity contribution < 1.29 is 13.2 Å². The van der Waals surface area contributed by atoms with E-state index in [2.05, 4.69) is 24.5 Å². The van der Waals surface area contributed by atoms with Gasteiger partial charge in [-0.1, -0.05) is 12.1 Å². The van der Waals surface area contributed by atoms with Gasteiger partial charge in [0.05, 0.1) is 10.9 Å². The van der Waals surface area contributed by atoms with E-state index >= 15 is 0 Å². The van der Waals surface area contributed by atoms with Crippen molar-refractivity contribution in [1.82, 2.24) is 9.47 Å². The molecule has 1 aromatic carbocycles. The summed E-state index contributed by atoms with van der Waals surface area (Å²) < 4.78 is 25.1. The predicted molar refractivity (Wildman–Crippen MR) is 110 cm³/mol. The molecule has 1 aliphatic carbocycles. The minimum Gasteiger partial charge on any atom is -0.346 e. The van der Waals surface area contributed by atoms with E-state index in [1.54, 1.807) is 30.2 Å². The molecule has 0 aliphatic heterocycles. The molecule has 28 heavy (non-hydrogen) atoms. The van der Waals surface area contributed by atoms with E-state index in [0.29, 0.717) is 6.04 Å². The van der Waals surface area contributed by atoms with Crippen molar-refractivity contribution in [3.63, 3.8) is 0 Å². The van der Waals surface area contributed by atoms with Crippen LogP contribution in [0.25, 0.3) is 6.08 Å². The lowest BCUT2D eigenvalue weighted by Crippen LogP contribution is -2.28. The number of primary sulfonamides is 1. The van der Waals surface area contributed by atoms with Crippen molar-refractivity contribution in [3.8, 4) is 0 Å². The van der Waals surface area contributed by atoms with Crippen LogP contribution in [0.15, 0.2) is 41.3 Å². The normalized spacial score (nSPS) is 15.8. The highest BCUT2D eigenvalue weighted by atomic mass is 32.2. The number of hydrogen-bond acceptors (Lipinski definition) is 3. The number of aryl methyl sites for hydroxylation is 1. The van der Waals surface area contributed by atoms with Gasteiger partial charge in [0, 0.05) is 30.6 Å². The molecule has 2 aromatic rings. The zero-order valence-corrected chi connectivity index (χ0v) is 17.5. The first kappa shape index (κ1) is 20.4. The van der Waals surface area contributed by atoms with Crippen LogP contribution in [-0.2, 0) is 14.8 Å². The Morgan fingerprint density at radius 1 is 1.25 bits per heavy atom. The first-order valence-corrected chi connectivity index (χ1v) is 10.9. The molecule has 1 unspecified atom stereocenters. The topological polar surface area (TPSA) is 85.4 Å². The van der Waals surface area contributed by atoms with Gasteiger partial charge >= 0.3 is 0 Å². The van der Waals surface area contributed by atoms with E-state index in [1.165, 1.54) is 36.4 Å². The van der Waals surface area contributed by atoms with Crippen LogP contribution >= 0.6 is 0 Å². The van der Waals surface area contributed by atoms with Crippen molar-refractivity contribution in [2.45, 2.75) is 50.6 Å². The van der Waals surface area contributed by atoms with Gasteiger partial charge in [-0.25, -0.2) is 13.6 Å². The smallest absolute Gasteiger partial charge is 0.246 e. The van der Waals surface area contributed by atoms with Crippen LogP contribution in [-0.4, -0.2) is 30.8 Å². The largest absolute Gasteiger partial charge is 0.346 e. The Bertz CT molecular complexity index is 1020. The fourth-order valence-corrected chi connectivity index (χ4v) is 4.01. The van der Waals surface area contributed by atoms with Crippen molar-refractivity contribution in [1.29, 1.82) is 0 Å². The maximum Gasteiger partial charge on any atom is 0.246 e. The fourth-order valence-electron chi connectivity index (χ4n) is 3.50. The van der Waals surface area contributed by atoms with Crippen LogP contribution < -0.4 is 5.14 Å². The molecule has 1 amide bonds. The number of carbonyl (C=O) groups is 1. The van der Waals surface area contributed by atoms with Gasteiger partial charge in [-0.2, -0.15) is 0 Å². The summed E-state index contributed by atoms with van der Waals surface area (Å²) in [6.07, 6.45) is 5.91. The van der Waals surface area contributed by atoms with Gasteiger partial charge in [0.2, 0.25) is 15.9 Å². The minimum absolute atomic E-state index is 0.0587. The summed E-state index contributed by atoms with van der Waals surface area (Å²) in [4.78, 5) is 14.3. The third-order valence-electron chi connectivity index (χ3n) is 5.46. The standard InChI is InChI=1S/C21H27N3O3S/c1-14-13-18(16(3)24(14)19-8-9-19)7-12-21(25)23(4)15(2)17-5-10-20(11-6-17)28(22,26)27/h5-7,10-13,15,19H,8-9H2,1-4H3,(H2,22,26,27)/b12-7+. The average molecular weight is 402 g/mol. The summed E-state index contributed by atoms with van der Waals surface area (Å²) in [6, 6.07) is 8.81. The molecule has 1 atom stereocenters. The molecule has 1 fully saturated rings. The lowest BCUT2D eigenvalue weighted by atomic mass is 10.1. The number of carbonyl (C=O) groups excluding carboxylic acids is 1. The molecule has 0 saturated heterocycles. The van der Waals surface area contributed by atoms with Crippen LogP contribution in [0.5, 0.6) is 0 Å². The lowest BCUT2D eigenvalue weighted by Gasteiger charge is -2.24. The summed E-state index contributed by atoms with van der Waals surface area (Å²) in [5.74, 6) is -0.112. The van der Waals surface area contributed by atoms with Gasteiger partial charge in [-0.15, -0.1) is 0 Å². The molecule has 0 bridgehead atoms. The Morgan fingerprint density at radius 3 is 2.39 bits per heavy atom. The highest BCUT2D eigenvalue weighted by Crippen LogP contribution is 2.38. The van der Waals surface area contributed by atoms with Gasteiger partial charge < -0.3 is 9.47 Å². The van der Waals surface area contributed by atoms with Crippen LogP contribution in [0.3, 0.4) is 0 Å². The lowest BCUT2D eigenvalue weighted by molar-refractivity contribution is -0.126. The average Bonchev–Trinajstić information content (AvgIpc) is 3.43. The van der Waals surface area contributed by atoms with E-state index in [-0.39, 0.29) is 16.8 Å². The fraction of sp³-hybridized carbons (Fsp3) is 0.381. The molecule has 1 aliphatic rings. The number of hydrogen-bond donors (Lipinski definition) is 1. The van der Waals surface area contributed by atoms with E-state index in [0.717, 1.165) is 11.1 Å². The summed E-state index contributed by atoms with van der Waals surface area (Å²) in [6.45, 7) is 6.09. The van der Waals surface area contributed by atoms with Gasteiger partial charge in [0.1, 0.15) is 0 Å². The molecule has 1 saturated carbocycles. The van der Waals surface area contributed by atoms with Gasteiger partial charge in [-0.05, 0) is 69.0 Å². The molecule has 150 valence electrons. The first-order chi connectivity index (χ1) is 13.1. The Labute approximate surface area is 166 Å². The van der Waals surface area contributed by atoms with Crippen LogP contribution in [0.1, 0.15) is 54.4 Å². The predicted octanol–water partition coefficient (Wildman–Crippen LogP) is 3.32. The maximum atomic E-state index is 12.6. The molecule has 1 heterocycles. The monoisotopic (exact) mass is 401 g/mol. The molecule has 7 heteroatoms. The summed E-state index contributed by atoms with van der Waals surface area (Å²) in [5.41, 5.74) is 4.32. The molecule has 3 rings (SSSR count). The van der Waals surface area contributed by atoms with Gasteiger partial charge in [0.25, 0.3) is 0 Å². The second-order valence-corrected chi connectivity index (χ2v) is 9.06. The van der Waals surface area contributed by atoms with Crippen molar-refractivity contribution in [2.24, 2.45) is 5.14 Å². The molecular formula is C21H27N3O3S. The number of sulfonamides is 1. The zero-order valence-electron chi connectivity index (χ0n) is 16.7. The molecule has 1 aromatic heterocycles.